The zero-order valence-corrected chi connectivity index (χ0v) is 17.9. The Labute approximate surface area is 179 Å². The van der Waals surface area contributed by atoms with Crippen LogP contribution < -0.4 is 10.1 Å². The first-order valence-corrected chi connectivity index (χ1v) is 11.8. The molecule has 1 atom stereocenters. The smallest absolute Gasteiger partial charge is 0.249 e. The Balaban J connectivity index is 1.58. The number of amidine groups is 1. The highest BCUT2D eigenvalue weighted by molar-refractivity contribution is 8.14. The molecule has 1 amide bonds. The summed E-state index contributed by atoms with van der Waals surface area (Å²) >= 11 is 1.48. The molecule has 1 aliphatic rings. The Hall–Kier alpha value is -2.62. The number of aliphatic imine (C=N–C) groups is 1. The zero-order valence-electron chi connectivity index (χ0n) is 16.3. The van der Waals surface area contributed by atoms with Crippen molar-refractivity contribution < 1.29 is 23.1 Å². The van der Waals surface area contributed by atoms with Crippen molar-refractivity contribution in [2.75, 3.05) is 25.2 Å². The first kappa shape index (κ1) is 22.1. The van der Waals surface area contributed by atoms with Gasteiger partial charge in [0.15, 0.2) is 15.0 Å². The number of hydrogen-bond donors (Lipinski definition) is 2. The van der Waals surface area contributed by atoms with Gasteiger partial charge in [-0.05, 0) is 41.5 Å². The summed E-state index contributed by atoms with van der Waals surface area (Å²) in [5, 5.41) is 12.2. The van der Waals surface area contributed by atoms with E-state index in [4.69, 9.17) is 9.84 Å². The van der Waals surface area contributed by atoms with E-state index >= 15 is 0 Å². The molecule has 9 heteroatoms. The van der Waals surface area contributed by atoms with Crippen molar-refractivity contribution in [2.24, 2.45) is 4.99 Å². The molecule has 0 spiro atoms. The predicted octanol–water partition coefficient (Wildman–Crippen LogP) is 2.43. The summed E-state index contributed by atoms with van der Waals surface area (Å²) in [5.41, 5.74) is 1.74. The van der Waals surface area contributed by atoms with Crippen LogP contribution in [-0.4, -0.2) is 49.8 Å². The summed E-state index contributed by atoms with van der Waals surface area (Å²) in [6, 6.07) is 13.8. The number of nitrogens with zero attached hydrogens (tertiary/aromatic N) is 1. The normalized spacial score (nSPS) is 16.5. The molecular formula is C21H22N2O5S2. The van der Waals surface area contributed by atoms with Gasteiger partial charge in [0.1, 0.15) is 5.75 Å². The van der Waals surface area contributed by atoms with Crippen molar-refractivity contribution in [3.8, 4) is 5.75 Å². The average molecular weight is 447 g/mol. The topological polar surface area (TPSA) is 105 Å². The Morgan fingerprint density at radius 1 is 1.23 bits per heavy atom. The molecule has 3 rings (SSSR count). The number of amides is 1. The molecule has 0 radical (unpaired) electrons. The summed E-state index contributed by atoms with van der Waals surface area (Å²) < 4.78 is 29.0. The minimum atomic E-state index is -3.49. The van der Waals surface area contributed by atoms with Crippen LogP contribution in [0.5, 0.6) is 5.75 Å². The molecule has 2 N–H and O–H groups in total. The van der Waals surface area contributed by atoms with E-state index in [1.165, 1.54) is 30.0 Å². The van der Waals surface area contributed by atoms with Gasteiger partial charge in [-0.1, -0.05) is 36.0 Å². The number of carbonyl (C=O) groups excluding carboxylic acids is 1. The number of aliphatic hydroxyl groups excluding tert-OH is 1. The number of rotatable bonds is 7. The van der Waals surface area contributed by atoms with Crippen molar-refractivity contribution in [3.05, 3.63) is 65.7 Å². The van der Waals surface area contributed by atoms with Gasteiger partial charge in [-0.25, -0.2) is 8.42 Å². The van der Waals surface area contributed by atoms with Gasteiger partial charge in [0.05, 0.1) is 30.4 Å². The molecule has 0 saturated carbocycles. The van der Waals surface area contributed by atoms with Crippen molar-refractivity contribution >= 4 is 38.7 Å². The van der Waals surface area contributed by atoms with Gasteiger partial charge in [-0.3, -0.25) is 9.79 Å². The van der Waals surface area contributed by atoms with E-state index in [0.717, 1.165) is 17.1 Å². The first-order chi connectivity index (χ1) is 14.4. The van der Waals surface area contributed by atoms with Gasteiger partial charge in [0, 0.05) is 11.8 Å². The van der Waals surface area contributed by atoms with E-state index in [1.54, 1.807) is 25.3 Å². The van der Waals surface area contributed by atoms with Gasteiger partial charge in [0.2, 0.25) is 5.91 Å². The van der Waals surface area contributed by atoms with Crippen molar-refractivity contribution in [2.45, 2.75) is 10.9 Å². The summed E-state index contributed by atoms with van der Waals surface area (Å²) in [6.07, 6.45) is 2.97. The van der Waals surface area contributed by atoms with Crippen LogP contribution in [0.2, 0.25) is 0 Å². The molecule has 2 aromatic rings. The number of nitrogens with one attached hydrogen (secondary N) is 1. The molecule has 1 unspecified atom stereocenters. The predicted molar refractivity (Wildman–Crippen MR) is 118 cm³/mol. The Bertz CT molecular complexity index is 1050. The molecule has 7 nitrogen and oxygen atoms in total. The van der Waals surface area contributed by atoms with Crippen molar-refractivity contribution in [3.63, 3.8) is 0 Å². The van der Waals surface area contributed by atoms with Gasteiger partial charge in [-0.2, -0.15) is 0 Å². The zero-order chi connectivity index (χ0) is 21.6. The maximum atomic E-state index is 12.2. The van der Waals surface area contributed by atoms with Crippen LogP contribution in [0.25, 0.3) is 6.08 Å². The third-order valence-electron chi connectivity index (χ3n) is 4.41. The van der Waals surface area contributed by atoms with Crippen LogP contribution in [0.4, 0.5) is 0 Å². The van der Waals surface area contributed by atoms with E-state index < -0.39 is 16.4 Å². The van der Waals surface area contributed by atoms with E-state index in [2.05, 4.69) is 10.3 Å². The van der Waals surface area contributed by atoms with Gasteiger partial charge >= 0.3 is 0 Å². The highest BCUT2D eigenvalue weighted by Crippen LogP contribution is 2.30. The van der Waals surface area contributed by atoms with E-state index in [-0.39, 0.29) is 22.6 Å². The molecular weight excluding hydrogens is 424 g/mol. The average Bonchev–Trinajstić information content (AvgIpc) is 3.21. The number of hydrogen-bond acceptors (Lipinski definition) is 7. The Kier molecular flexibility index (Phi) is 7.30. The van der Waals surface area contributed by atoms with Crippen LogP contribution in [-0.2, 0) is 14.6 Å². The lowest BCUT2D eigenvalue weighted by Crippen LogP contribution is -2.25. The fourth-order valence-corrected chi connectivity index (χ4v) is 4.77. The molecule has 0 saturated heterocycles. The number of benzene rings is 2. The summed E-state index contributed by atoms with van der Waals surface area (Å²) in [5.74, 6) is 0.900. The summed E-state index contributed by atoms with van der Waals surface area (Å²) in [7, 11) is -1.87. The second-order valence-corrected chi connectivity index (χ2v) is 9.59. The number of carbonyl (C=O) groups is 1. The third-order valence-corrected chi connectivity index (χ3v) is 7.08. The molecule has 30 heavy (non-hydrogen) atoms. The summed E-state index contributed by atoms with van der Waals surface area (Å²) in [4.78, 5) is 16.9. The first-order valence-electron chi connectivity index (χ1n) is 9.18. The van der Waals surface area contributed by atoms with Crippen molar-refractivity contribution in [1.29, 1.82) is 0 Å². The lowest BCUT2D eigenvalue weighted by atomic mass is 10.1. The fourth-order valence-electron chi connectivity index (χ4n) is 2.78. The standard InChI is InChI=1S/C21H22N2O5S2/c1-28-17-7-5-16(6-8-17)19-14-29-21(22-19)23-20(25)11-4-15-2-9-18(10-3-15)30(26,27)13-12-24/h2-11,19,24H,12-14H2,1H3,(H,22,23,25)/b11-4+. The maximum Gasteiger partial charge on any atom is 0.249 e. The number of aliphatic hydroxyl groups is 1. The van der Waals surface area contributed by atoms with Crippen LogP contribution in [0.1, 0.15) is 17.2 Å². The SMILES string of the molecule is COc1ccc(C2CSC(NC(=O)/C=C/c3ccc(S(=O)(=O)CCO)cc3)=N2)cc1. The Morgan fingerprint density at radius 2 is 1.93 bits per heavy atom. The lowest BCUT2D eigenvalue weighted by Gasteiger charge is -2.06. The number of thioether (sulfide) groups is 1. The maximum absolute atomic E-state index is 12.2. The van der Waals surface area contributed by atoms with Crippen molar-refractivity contribution in [1.82, 2.24) is 5.32 Å². The monoisotopic (exact) mass is 446 g/mol. The number of ether oxygens (including phenoxy) is 1. The molecule has 0 aromatic heterocycles. The molecule has 2 aromatic carbocycles. The third kappa shape index (κ3) is 5.71. The molecule has 0 bridgehead atoms. The lowest BCUT2D eigenvalue weighted by molar-refractivity contribution is -0.115. The van der Waals surface area contributed by atoms with Crippen LogP contribution in [0.3, 0.4) is 0 Å². The largest absolute Gasteiger partial charge is 0.497 e. The van der Waals surface area contributed by atoms with E-state index in [0.29, 0.717) is 10.7 Å². The van der Waals surface area contributed by atoms with E-state index in [1.807, 2.05) is 24.3 Å². The highest BCUT2D eigenvalue weighted by Gasteiger charge is 2.21. The molecule has 0 aliphatic carbocycles. The number of sulfone groups is 1. The van der Waals surface area contributed by atoms with Crippen LogP contribution >= 0.6 is 11.8 Å². The van der Waals surface area contributed by atoms with Gasteiger partial charge in [0.25, 0.3) is 0 Å². The quantitative estimate of drug-likeness (QED) is 0.633. The highest BCUT2D eigenvalue weighted by atomic mass is 32.2. The fraction of sp³-hybridized carbons (Fsp3) is 0.238. The Morgan fingerprint density at radius 3 is 2.57 bits per heavy atom. The van der Waals surface area contributed by atoms with Gasteiger partial charge in [-0.15, -0.1) is 0 Å². The second-order valence-electron chi connectivity index (χ2n) is 6.47. The van der Waals surface area contributed by atoms with Crippen LogP contribution in [0.15, 0.2) is 64.5 Å². The molecule has 0 fully saturated rings. The van der Waals surface area contributed by atoms with E-state index in [9.17, 15) is 13.2 Å². The molecule has 158 valence electrons. The number of methoxy groups -OCH3 is 1. The minimum absolute atomic E-state index is 0.0198. The molecule has 1 heterocycles. The summed E-state index contributed by atoms with van der Waals surface area (Å²) in [6.45, 7) is -0.425. The van der Waals surface area contributed by atoms with Gasteiger partial charge < -0.3 is 15.2 Å². The minimum Gasteiger partial charge on any atom is -0.497 e. The second kappa shape index (κ2) is 9.92. The molecule has 1 aliphatic heterocycles. The van der Waals surface area contributed by atoms with Crippen LogP contribution in [0, 0.1) is 0 Å².